The Kier molecular flexibility index (Phi) is 22.8. The third kappa shape index (κ3) is 17.9. The van der Waals surface area contributed by atoms with Crippen LogP contribution in [-0.4, -0.2) is 43.1 Å². The number of ether oxygens (including phenoxy) is 6. The van der Waals surface area contributed by atoms with Crippen LogP contribution in [0, 0.1) is 5.92 Å². The Bertz CT molecular complexity index is 1850. The molecule has 0 aliphatic heterocycles. The van der Waals surface area contributed by atoms with Gasteiger partial charge in [-0.2, -0.15) is 0 Å². The maximum Gasteiger partial charge on any atom is 0.305 e. The number of hydrogen-bond acceptors (Lipinski definition) is 7. The van der Waals surface area contributed by atoms with Crippen molar-refractivity contribution in [1.82, 2.24) is 0 Å². The van der Waals surface area contributed by atoms with Gasteiger partial charge in [0.25, 0.3) is 0 Å². The summed E-state index contributed by atoms with van der Waals surface area (Å²) in [5.74, 6) is -0.668. The molecule has 6 rings (SSSR count). The molecule has 5 aromatic carbocycles. The van der Waals surface area contributed by atoms with Gasteiger partial charge in [-0.3, -0.25) is 4.79 Å². The highest BCUT2D eigenvalue weighted by molar-refractivity contribution is 5.69. The Labute approximate surface area is 390 Å². The lowest BCUT2D eigenvalue weighted by molar-refractivity contribution is -0.275. The number of esters is 1. The van der Waals surface area contributed by atoms with Crippen molar-refractivity contribution in [3.05, 3.63) is 179 Å². The molecule has 1 saturated carbocycles. The Hall–Kier alpha value is -4.63. The summed E-state index contributed by atoms with van der Waals surface area (Å²) in [7, 11) is 0. The zero-order valence-electron chi connectivity index (χ0n) is 38.9. The highest BCUT2D eigenvalue weighted by Gasteiger charge is 2.54. The summed E-state index contributed by atoms with van der Waals surface area (Å²) in [5, 5.41) is 0. The maximum atomic E-state index is 13.7. The Morgan fingerprint density at radius 2 is 0.615 bits per heavy atom. The molecule has 0 bridgehead atoms. The molecule has 5 aromatic rings. The van der Waals surface area contributed by atoms with E-state index in [9.17, 15) is 4.79 Å². The smallest absolute Gasteiger partial charge is 0.305 e. The highest BCUT2D eigenvalue weighted by atomic mass is 16.6. The van der Waals surface area contributed by atoms with Crippen molar-refractivity contribution in [3.8, 4) is 0 Å². The number of benzene rings is 5. The van der Waals surface area contributed by atoms with E-state index >= 15 is 0 Å². The quantitative estimate of drug-likeness (QED) is 0.0324. The highest BCUT2D eigenvalue weighted by Crippen LogP contribution is 2.38. The van der Waals surface area contributed by atoms with Gasteiger partial charge < -0.3 is 28.4 Å². The maximum absolute atomic E-state index is 13.7. The zero-order valence-corrected chi connectivity index (χ0v) is 38.9. The van der Waals surface area contributed by atoms with Gasteiger partial charge in [-0.15, -0.1) is 0 Å². The third-order valence-electron chi connectivity index (χ3n) is 12.5. The van der Waals surface area contributed by atoms with Crippen molar-refractivity contribution in [2.45, 2.75) is 160 Å². The van der Waals surface area contributed by atoms with Crippen LogP contribution in [0.25, 0.3) is 0 Å². The minimum atomic E-state index is -0.623. The number of hydrogen-bond donors (Lipinski definition) is 0. The zero-order chi connectivity index (χ0) is 45.0. The van der Waals surface area contributed by atoms with Gasteiger partial charge in [0.2, 0.25) is 0 Å². The summed E-state index contributed by atoms with van der Waals surface area (Å²) in [6.45, 7) is 3.99. The molecule has 7 heteroatoms. The first-order valence-electron chi connectivity index (χ1n) is 24.6. The van der Waals surface area contributed by atoms with Crippen molar-refractivity contribution in [3.63, 3.8) is 0 Å². The van der Waals surface area contributed by atoms with E-state index in [1.807, 2.05) is 91.0 Å². The molecule has 1 aliphatic carbocycles. The summed E-state index contributed by atoms with van der Waals surface area (Å²) < 4.78 is 41.5. The van der Waals surface area contributed by atoms with Crippen molar-refractivity contribution >= 4 is 5.97 Å². The standard InChI is InChI=1S/C58H74O7/c1-2-3-4-5-6-7-8-9-10-11-12-13-29-40-53(59)60-46-52-54(61-41-47-30-19-14-20-31-47)56(63-43-49-34-23-16-24-35-49)58(65-45-51-38-27-18-28-39-51)57(64-44-50-36-25-17-26-37-50)55(52)62-42-48-32-21-15-22-33-48/h14-28,30-39,52,54-58H,2-13,29,40-46H2,1H3/t52?,54-,55-,56-,57+,58?/m0/s1. The summed E-state index contributed by atoms with van der Waals surface area (Å²) in [6.07, 6.45) is 13.6. The van der Waals surface area contributed by atoms with Crippen LogP contribution in [0.15, 0.2) is 152 Å². The van der Waals surface area contributed by atoms with Crippen LogP contribution in [0.2, 0.25) is 0 Å². The minimum absolute atomic E-state index is 0.0813. The van der Waals surface area contributed by atoms with Crippen molar-refractivity contribution in [2.75, 3.05) is 6.61 Å². The SMILES string of the molecule is CCCCCCCCCCCCCCCC(=O)OCC1[C@H](OCc2ccccc2)[C@H](OCc2ccccc2)C(OCc2ccccc2)[C@H](OCc2ccccc2)[C@H]1OCc1ccccc1. The number of unbranched alkanes of at least 4 members (excludes halogenated alkanes) is 12. The van der Waals surface area contributed by atoms with Gasteiger partial charge in [0.05, 0.1) is 57.8 Å². The van der Waals surface area contributed by atoms with Crippen molar-refractivity contribution < 1.29 is 33.2 Å². The van der Waals surface area contributed by atoms with Gasteiger partial charge in [-0.05, 0) is 34.2 Å². The Morgan fingerprint density at radius 3 is 0.923 bits per heavy atom. The lowest BCUT2D eigenvalue weighted by atomic mass is 9.77. The second-order valence-electron chi connectivity index (χ2n) is 17.6. The van der Waals surface area contributed by atoms with Crippen LogP contribution >= 0.6 is 0 Å². The molecule has 0 heterocycles. The molecule has 0 spiro atoms. The van der Waals surface area contributed by atoms with Gasteiger partial charge in [0.1, 0.15) is 18.3 Å². The molecule has 2 unspecified atom stereocenters. The van der Waals surface area contributed by atoms with Gasteiger partial charge in [-0.1, -0.05) is 236 Å². The molecule has 1 fully saturated rings. The Balaban J connectivity index is 1.23. The molecule has 65 heavy (non-hydrogen) atoms. The second kappa shape index (κ2) is 29.8. The average Bonchev–Trinajstić information content (AvgIpc) is 3.35. The van der Waals surface area contributed by atoms with Crippen LogP contribution in [0.4, 0.5) is 0 Å². The topological polar surface area (TPSA) is 72.5 Å². The summed E-state index contributed by atoms with van der Waals surface area (Å²) in [4.78, 5) is 13.7. The van der Waals surface area contributed by atoms with E-state index in [1.54, 1.807) is 0 Å². The summed E-state index contributed by atoms with van der Waals surface area (Å²) in [6, 6.07) is 50.8. The first-order chi connectivity index (χ1) is 32.2. The van der Waals surface area contributed by atoms with Gasteiger partial charge >= 0.3 is 5.97 Å². The number of carbonyl (C=O) groups is 1. The van der Waals surface area contributed by atoms with Gasteiger partial charge in [0.15, 0.2) is 0 Å². The molecule has 0 amide bonds. The lowest BCUT2D eigenvalue weighted by Crippen LogP contribution is -2.65. The fourth-order valence-corrected chi connectivity index (χ4v) is 8.81. The molecule has 348 valence electrons. The van der Waals surface area contributed by atoms with E-state index in [0.717, 1.165) is 47.1 Å². The fraction of sp³-hybridized carbons (Fsp3) is 0.466. The molecule has 0 saturated heterocycles. The predicted molar refractivity (Wildman–Crippen MR) is 260 cm³/mol. The molecule has 1 aliphatic rings. The molecule has 6 atom stereocenters. The van der Waals surface area contributed by atoms with E-state index in [2.05, 4.69) is 67.6 Å². The predicted octanol–water partition coefficient (Wildman–Crippen LogP) is 13.6. The molecule has 0 N–H and O–H groups in total. The van der Waals surface area contributed by atoms with Crippen molar-refractivity contribution in [1.29, 1.82) is 0 Å². The molecule has 0 radical (unpaired) electrons. The van der Waals surface area contributed by atoms with Crippen molar-refractivity contribution in [2.24, 2.45) is 5.92 Å². The van der Waals surface area contributed by atoms with E-state index in [1.165, 1.54) is 64.2 Å². The van der Waals surface area contributed by atoms with Crippen LogP contribution in [0.5, 0.6) is 0 Å². The fourth-order valence-electron chi connectivity index (χ4n) is 8.81. The molecule has 7 nitrogen and oxygen atoms in total. The first-order valence-corrected chi connectivity index (χ1v) is 24.6. The van der Waals surface area contributed by atoms with E-state index in [4.69, 9.17) is 28.4 Å². The lowest BCUT2D eigenvalue weighted by Gasteiger charge is -2.50. The van der Waals surface area contributed by atoms with Crippen LogP contribution in [0.1, 0.15) is 125 Å². The average molecular weight is 883 g/mol. The monoisotopic (exact) mass is 883 g/mol. The van der Waals surface area contributed by atoms with E-state index in [0.29, 0.717) is 39.5 Å². The molecule has 0 aromatic heterocycles. The van der Waals surface area contributed by atoms with Crippen LogP contribution < -0.4 is 0 Å². The molecular weight excluding hydrogens is 809 g/mol. The second-order valence-corrected chi connectivity index (χ2v) is 17.6. The number of rotatable bonds is 31. The third-order valence-corrected chi connectivity index (χ3v) is 12.5. The minimum Gasteiger partial charge on any atom is -0.465 e. The van der Waals surface area contributed by atoms with Crippen LogP contribution in [-0.2, 0) is 66.3 Å². The summed E-state index contributed by atoms with van der Waals surface area (Å²) >= 11 is 0. The summed E-state index contributed by atoms with van der Waals surface area (Å²) in [5.41, 5.74) is 5.14. The van der Waals surface area contributed by atoms with Gasteiger partial charge in [0, 0.05) is 6.42 Å². The molecular formula is C58H74O7. The Morgan fingerprint density at radius 1 is 0.354 bits per heavy atom. The van der Waals surface area contributed by atoms with E-state index < -0.39 is 36.4 Å². The van der Waals surface area contributed by atoms with Gasteiger partial charge in [-0.25, -0.2) is 0 Å². The van der Waals surface area contributed by atoms with Crippen LogP contribution in [0.3, 0.4) is 0 Å². The normalized spacial score (nSPS) is 19.5. The largest absolute Gasteiger partial charge is 0.465 e. The first kappa shape index (κ1) is 49.8. The van der Waals surface area contributed by atoms with E-state index in [-0.39, 0.29) is 12.6 Å². The number of carbonyl (C=O) groups excluding carboxylic acids is 1.